The van der Waals surface area contributed by atoms with Crippen LogP contribution in [0.3, 0.4) is 0 Å². The maximum absolute atomic E-state index is 12.8. The summed E-state index contributed by atoms with van der Waals surface area (Å²) in [6, 6.07) is 13.7. The van der Waals surface area contributed by atoms with Gasteiger partial charge < -0.3 is 20.3 Å². The number of hydrogen-bond acceptors (Lipinski definition) is 4. The lowest BCUT2D eigenvalue weighted by atomic mass is 10.1. The first-order chi connectivity index (χ1) is 13.9. The highest BCUT2D eigenvalue weighted by molar-refractivity contribution is 5.90. The molecule has 2 amide bonds. The second-order valence-corrected chi connectivity index (χ2v) is 7.85. The largest absolute Gasteiger partial charge is 0.497 e. The molecule has 1 saturated heterocycles. The molecule has 0 aromatic heterocycles. The van der Waals surface area contributed by atoms with Crippen molar-refractivity contribution >= 4 is 11.7 Å². The minimum Gasteiger partial charge on any atom is -0.497 e. The minimum absolute atomic E-state index is 0.102. The number of nitrogens with zero attached hydrogens (tertiary/aromatic N) is 2. The van der Waals surface area contributed by atoms with Crippen molar-refractivity contribution < 1.29 is 9.53 Å². The summed E-state index contributed by atoms with van der Waals surface area (Å²) < 4.78 is 5.28. The van der Waals surface area contributed by atoms with Crippen molar-refractivity contribution in [2.45, 2.75) is 19.9 Å². The summed E-state index contributed by atoms with van der Waals surface area (Å²) >= 11 is 0. The van der Waals surface area contributed by atoms with Gasteiger partial charge in [-0.3, -0.25) is 4.90 Å². The van der Waals surface area contributed by atoms with Gasteiger partial charge >= 0.3 is 6.03 Å². The Bertz CT molecular complexity index is 814. The van der Waals surface area contributed by atoms with Gasteiger partial charge in [0.15, 0.2) is 0 Å². The fourth-order valence-electron chi connectivity index (χ4n) is 3.63. The molecule has 2 aromatic rings. The van der Waals surface area contributed by atoms with Crippen LogP contribution < -0.4 is 15.4 Å². The molecule has 0 saturated carbocycles. The Labute approximate surface area is 173 Å². The molecule has 1 atom stereocenters. The van der Waals surface area contributed by atoms with Crippen molar-refractivity contribution in [2.24, 2.45) is 0 Å². The first-order valence-electron chi connectivity index (χ1n) is 10.1. The Hall–Kier alpha value is -2.57. The molecule has 0 aliphatic carbocycles. The van der Waals surface area contributed by atoms with E-state index in [0.717, 1.165) is 55.3 Å². The molecule has 1 aliphatic heterocycles. The summed E-state index contributed by atoms with van der Waals surface area (Å²) in [4.78, 5) is 17.5. The smallest absolute Gasteiger partial charge is 0.319 e. The van der Waals surface area contributed by atoms with Crippen LogP contribution in [0.2, 0.25) is 0 Å². The number of amides is 2. The van der Waals surface area contributed by atoms with Crippen LogP contribution in [0, 0.1) is 13.8 Å². The highest BCUT2D eigenvalue weighted by atomic mass is 16.5. The predicted molar refractivity (Wildman–Crippen MR) is 118 cm³/mol. The fraction of sp³-hybridized carbons (Fsp3) is 0.435. The lowest BCUT2D eigenvalue weighted by Gasteiger charge is -2.35. The molecule has 0 spiro atoms. The van der Waals surface area contributed by atoms with Crippen LogP contribution in [0.25, 0.3) is 0 Å². The van der Waals surface area contributed by atoms with Crippen LogP contribution in [-0.2, 0) is 0 Å². The summed E-state index contributed by atoms with van der Waals surface area (Å²) in [5.41, 5.74) is 4.14. The Balaban J connectivity index is 1.71. The second kappa shape index (κ2) is 9.76. The van der Waals surface area contributed by atoms with E-state index in [4.69, 9.17) is 4.74 Å². The molecule has 0 bridgehead atoms. The Morgan fingerprint density at radius 3 is 2.38 bits per heavy atom. The molecule has 29 heavy (non-hydrogen) atoms. The Kier molecular flexibility index (Phi) is 7.12. The molecule has 1 heterocycles. The summed E-state index contributed by atoms with van der Waals surface area (Å²) in [6.07, 6.45) is 0. The van der Waals surface area contributed by atoms with Crippen molar-refractivity contribution in [3.63, 3.8) is 0 Å². The van der Waals surface area contributed by atoms with E-state index in [1.807, 2.05) is 50.2 Å². The van der Waals surface area contributed by atoms with Gasteiger partial charge in [-0.15, -0.1) is 0 Å². The SMILES string of the molecule is COc1ccc([C@H](CN2CCN(C)CC2)NC(=O)Nc2ccc(C)cc2C)cc1. The third-order valence-corrected chi connectivity index (χ3v) is 5.49. The molecule has 6 heteroatoms. The van der Waals surface area contributed by atoms with Crippen LogP contribution in [0.15, 0.2) is 42.5 Å². The van der Waals surface area contributed by atoms with Gasteiger partial charge in [0.05, 0.1) is 13.2 Å². The third-order valence-electron chi connectivity index (χ3n) is 5.49. The second-order valence-electron chi connectivity index (χ2n) is 7.85. The quantitative estimate of drug-likeness (QED) is 0.786. The molecule has 2 aromatic carbocycles. The number of anilines is 1. The van der Waals surface area contributed by atoms with Crippen molar-refractivity contribution in [1.29, 1.82) is 0 Å². The van der Waals surface area contributed by atoms with E-state index in [1.165, 1.54) is 5.56 Å². The maximum atomic E-state index is 12.8. The number of carbonyl (C=O) groups is 1. The zero-order valence-corrected chi connectivity index (χ0v) is 17.9. The Morgan fingerprint density at radius 1 is 1.07 bits per heavy atom. The average Bonchev–Trinajstić information content (AvgIpc) is 2.71. The van der Waals surface area contributed by atoms with Crippen LogP contribution in [0.1, 0.15) is 22.7 Å². The molecule has 2 N–H and O–H groups in total. The fourth-order valence-corrected chi connectivity index (χ4v) is 3.63. The standard InChI is InChI=1S/C23H32N4O2/c1-17-5-10-21(18(2)15-17)24-23(28)25-22(16-27-13-11-26(3)12-14-27)19-6-8-20(29-4)9-7-19/h5-10,15,22H,11-14,16H2,1-4H3,(H2,24,25,28)/t22-/m0/s1. The number of benzene rings is 2. The van der Waals surface area contributed by atoms with Gasteiger partial charge in [-0.25, -0.2) is 4.79 Å². The number of methoxy groups -OCH3 is 1. The van der Waals surface area contributed by atoms with E-state index < -0.39 is 0 Å². The lowest BCUT2D eigenvalue weighted by Crippen LogP contribution is -2.48. The summed E-state index contributed by atoms with van der Waals surface area (Å²) in [7, 11) is 3.81. The summed E-state index contributed by atoms with van der Waals surface area (Å²) in [6.45, 7) is 8.93. The normalized spacial score (nSPS) is 16.3. The number of rotatable bonds is 6. The van der Waals surface area contributed by atoms with Crippen LogP contribution >= 0.6 is 0 Å². The van der Waals surface area contributed by atoms with E-state index in [-0.39, 0.29) is 12.1 Å². The number of likely N-dealkylation sites (N-methyl/N-ethyl adjacent to an activating group) is 1. The molecule has 1 fully saturated rings. The number of carbonyl (C=O) groups excluding carboxylic acids is 1. The highest BCUT2D eigenvalue weighted by Crippen LogP contribution is 2.21. The summed E-state index contributed by atoms with van der Waals surface area (Å²) in [5.74, 6) is 0.812. The van der Waals surface area contributed by atoms with E-state index in [0.29, 0.717) is 0 Å². The topological polar surface area (TPSA) is 56.8 Å². The zero-order chi connectivity index (χ0) is 20.8. The van der Waals surface area contributed by atoms with Crippen molar-refractivity contribution in [3.8, 4) is 5.75 Å². The zero-order valence-electron chi connectivity index (χ0n) is 17.9. The molecule has 156 valence electrons. The monoisotopic (exact) mass is 396 g/mol. The minimum atomic E-state index is -0.188. The molecule has 0 radical (unpaired) electrons. The number of ether oxygens (including phenoxy) is 1. The predicted octanol–water partition coefficient (Wildman–Crippen LogP) is 3.42. The van der Waals surface area contributed by atoms with Gasteiger partial charge in [0.25, 0.3) is 0 Å². The van der Waals surface area contributed by atoms with E-state index in [2.05, 4.69) is 33.5 Å². The Morgan fingerprint density at radius 2 is 1.76 bits per heavy atom. The van der Waals surface area contributed by atoms with Crippen LogP contribution in [-0.4, -0.2) is 62.7 Å². The molecular formula is C23H32N4O2. The highest BCUT2D eigenvalue weighted by Gasteiger charge is 2.21. The van der Waals surface area contributed by atoms with Gasteiger partial charge in [0, 0.05) is 38.4 Å². The van der Waals surface area contributed by atoms with Gasteiger partial charge in [0.1, 0.15) is 5.75 Å². The molecule has 3 rings (SSSR count). The first-order valence-corrected chi connectivity index (χ1v) is 10.1. The van der Waals surface area contributed by atoms with Gasteiger partial charge in [0.2, 0.25) is 0 Å². The van der Waals surface area contributed by atoms with Gasteiger partial charge in [-0.05, 0) is 50.2 Å². The lowest BCUT2D eigenvalue weighted by molar-refractivity contribution is 0.143. The van der Waals surface area contributed by atoms with Crippen LogP contribution in [0.4, 0.5) is 10.5 Å². The van der Waals surface area contributed by atoms with E-state index in [1.54, 1.807) is 7.11 Å². The van der Waals surface area contributed by atoms with E-state index >= 15 is 0 Å². The first kappa shape index (κ1) is 21.1. The van der Waals surface area contributed by atoms with Gasteiger partial charge in [-0.1, -0.05) is 29.8 Å². The number of hydrogen-bond donors (Lipinski definition) is 2. The molecule has 0 unspecified atom stereocenters. The van der Waals surface area contributed by atoms with Crippen molar-refractivity contribution in [2.75, 3.05) is 52.2 Å². The maximum Gasteiger partial charge on any atom is 0.319 e. The molecule has 6 nitrogen and oxygen atoms in total. The van der Waals surface area contributed by atoms with Crippen molar-refractivity contribution in [1.82, 2.24) is 15.1 Å². The van der Waals surface area contributed by atoms with Crippen LogP contribution in [0.5, 0.6) is 5.75 Å². The number of aryl methyl sites for hydroxylation is 2. The van der Waals surface area contributed by atoms with E-state index in [9.17, 15) is 4.79 Å². The number of nitrogens with one attached hydrogen (secondary N) is 2. The summed E-state index contributed by atoms with van der Waals surface area (Å²) in [5, 5.41) is 6.18. The molecular weight excluding hydrogens is 364 g/mol. The number of urea groups is 1. The molecule has 1 aliphatic rings. The van der Waals surface area contributed by atoms with Gasteiger partial charge in [-0.2, -0.15) is 0 Å². The van der Waals surface area contributed by atoms with Crippen molar-refractivity contribution in [3.05, 3.63) is 59.2 Å². The average molecular weight is 397 g/mol. The third kappa shape index (κ3) is 5.95. The number of piperazine rings is 1.